The monoisotopic (exact) mass is 696 g/mol. The molecule has 0 aromatic rings. The van der Waals surface area contributed by atoms with Gasteiger partial charge >= 0.3 is 11.9 Å². The lowest BCUT2D eigenvalue weighted by molar-refractivity contribution is -0.140. The Morgan fingerprint density at radius 3 is 1.07 bits per heavy atom. The molecule has 46 heavy (non-hydrogen) atoms. The predicted molar refractivity (Wildman–Crippen MR) is 182 cm³/mol. The molecule has 16 heteroatoms. The average molecular weight is 698 g/mol. The van der Waals surface area contributed by atoms with Crippen molar-refractivity contribution in [2.45, 2.75) is 25.7 Å². The highest BCUT2D eigenvalue weighted by Gasteiger charge is 1.97. The minimum absolute atomic E-state index is 0.0938. The van der Waals surface area contributed by atoms with Crippen LogP contribution in [0.3, 0.4) is 0 Å². The molecule has 0 heterocycles. The van der Waals surface area contributed by atoms with Crippen LogP contribution in [0.4, 0.5) is 0 Å². The Bertz CT molecular complexity index is 768. The lowest BCUT2D eigenvalue weighted by atomic mass is 10.4. The highest BCUT2D eigenvalue weighted by atomic mass is 35.5. The number of carbonyl (C=O) groups is 6. The topological polar surface area (TPSA) is 237 Å². The van der Waals surface area contributed by atoms with Gasteiger partial charge in [0.15, 0.2) is 0 Å². The fraction of sp³-hybridized carbons (Fsp3) is 0.400. The van der Waals surface area contributed by atoms with Crippen molar-refractivity contribution < 1.29 is 48.5 Å². The lowest BCUT2D eigenvalue weighted by Crippen LogP contribution is -2.27. The molecule has 14 nitrogen and oxygen atoms in total. The maximum absolute atomic E-state index is 10.6. The first-order valence-corrected chi connectivity index (χ1v) is 14.2. The summed E-state index contributed by atoms with van der Waals surface area (Å²) in [6, 6.07) is 0. The summed E-state index contributed by atoms with van der Waals surface area (Å²) in [6.45, 7) is 22.3. The number of amides is 2. The Kier molecular flexibility index (Phi) is 60.1. The number of aliphatic hydroxyl groups excluding tert-OH is 2. The van der Waals surface area contributed by atoms with Gasteiger partial charge in [-0.2, -0.15) is 0 Å². The summed E-state index contributed by atoms with van der Waals surface area (Å²) in [7, 11) is 0. The quantitative estimate of drug-likeness (QED) is 0.0515. The first kappa shape index (κ1) is 54.6. The fourth-order valence-corrected chi connectivity index (χ4v) is 1.37. The van der Waals surface area contributed by atoms with Gasteiger partial charge in [-0.05, 0) is 79.9 Å². The minimum atomic E-state index is -0.509. The molecule has 2 amide bonds. The molecule has 8 N–H and O–H groups in total. The largest absolute Gasteiger partial charge is 0.462 e. The maximum Gasteiger partial charge on any atom is 0.330 e. The Morgan fingerprint density at radius 2 is 0.891 bits per heavy atom. The normalized spacial score (nSPS) is 8.13. The van der Waals surface area contributed by atoms with Crippen molar-refractivity contribution in [2.75, 3.05) is 52.6 Å². The Labute approximate surface area is 281 Å². The summed E-state index contributed by atoms with van der Waals surface area (Å²) in [4.78, 5) is 61.2. The van der Waals surface area contributed by atoms with E-state index < -0.39 is 22.4 Å². The molecule has 0 saturated heterocycles. The van der Waals surface area contributed by atoms with Gasteiger partial charge in [-0.1, -0.05) is 39.5 Å². The molecular formula is C30H50Cl2N4O10. The molecule has 0 aromatic carbocycles. The van der Waals surface area contributed by atoms with E-state index in [4.69, 9.17) is 44.9 Å². The summed E-state index contributed by atoms with van der Waals surface area (Å²) >= 11 is 9.41. The fourth-order valence-electron chi connectivity index (χ4n) is 1.37. The molecule has 0 atom stereocenters. The molecule has 0 aromatic heterocycles. The second-order valence-electron chi connectivity index (χ2n) is 7.19. The standard InChI is InChI=1S/C9H14N2O2.C9H12O4.2C3H3ClO.C3H10N2.C3H8O2/c1-3-8(12)10-6-5-7-11-9(13)4-2;1-3-8(10)12-6-5-7-13-9(11)4-2;2*1-2-3(4)5;2*4-2-1-3-5/h3-4H,1-2,5-7H2,(H,10,12)(H,11,13);3-4H,1-2,5-7H2;2*2H,1H2;1-5H2;4-5H,1-3H2. The molecule has 0 saturated carbocycles. The van der Waals surface area contributed by atoms with Crippen LogP contribution in [0.1, 0.15) is 25.7 Å². The maximum atomic E-state index is 10.6. The van der Waals surface area contributed by atoms with Crippen LogP contribution in [-0.4, -0.2) is 97.1 Å². The van der Waals surface area contributed by atoms with Gasteiger partial charge in [-0.15, -0.1) is 0 Å². The van der Waals surface area contributed by atoms with Gasteiger partial charge in [0.1, 0.15) is 0 Å². The predicted octanol–water partition coefficient (Wildman–Crippen LogP) is 1.35. The number of hydrogen-bond acceptors (Lipinski definition) is 12. The van der Waals surface area contributed by atoms with Crippen molar-refractivity contribution in [1.29, 1.82) is 0 Å². The van der Waals surface area contributed by atoms with Gasteiger partial charge in [-0.3, -0.25) is 19.2 Å². The molecule has 0 bridgehead atoms. The molecule has 0 rings (SSSR count). The van der Waals surface area contributed by atoms with E-state index in [0.29, 0.717) is 32.4 Å². The van der Waals surface area contributed by atoms with Gasteiger partial charge in [0.05, 0.1) is 13.2 Å². The highest BCUT2D eigenvalue weighted by molar-refractivity contribution is 6.66. The zero-order valence-corrected chi connectivity index (χ0v) is 27.8. The summed E-state index contributed by atoms with van der Waals surface area (Å²) < 4.78 is 9.27. The Morgan fingerprint density at radius 1 is 0.565 bits per heavy atom. The van der Waals surface area contributed by atoms with E-state index in [0.717, 1.165) is 43.8 Å². The van der Waals surface area contributed by atoms with E-state index in [2.05, 4.69) is 59.6 Å². The number of esters is 2. The third-order valence-corrected chi connectivity index (χ3v) is 3.79. The molecule has 0 aliphatic heterocycles. The first-order valence-electron chi connectivity index (χ1n) is 13.4. The van der Waals surface area contributed by atoms with Crippen LogP contribution in [0.2, 0.25) is 0 Å². The van der Waals surface area contributed by atoms with Gasteiger partial charge in [0, 0.05) is 44.9 Å². The molecule has 0 aliphatic carbocycles. The zero-order valence-electron chi connectivity index (χ0n) is 26.3. The molecule has 0 fully saturated rings. The SMILES string of the molecule is C=CC(=O)Cl.C=CC(=O)Cl.C=CC(=O)NCCCNC(=O)C=C.C=CC(=O)OCCCOC(=O)C=C.NCCCN.OCCCO. The van der Waals surface area contributed by atoms with Crippen molar-refractivity contribution in [2.24, 2.45) is 11.5 Å². The van der Waals surface area contributed by atoms with Crippen LogP contribution in [0.5, 0.6) is 0 Å². The van der Waals surface area contributed by atoms with Crippen LogP contribution in [-0.2, 0) is 38.2 Å². The van der Waals surface area contributed by atoms with Gasteiger partial charge < -0.3 is 41.8 Å². The van der Waals surface area contributed by atoms with E-state index in [-0.39, 0.29) is 38.2 Å². The summed E-state index contributed by atoms with van der Waals surface area (Å²) in [5.74, 6) is -1.35. The van der Waals surface area contributed by atoms with Crippen molar-refractivity contribution in [1.82, 2.24) is 10.6 Å². The number of aliphatic hydroxyl groups is 2. The first-order chi connectivity index (χ1) is 21.8. The number of nitrogens with one attached hydrogen (secondary N) is 2. The van der Waals surface area contributed by atoms with E-state index in [9.17, 15) is 28.8 Å². The van der Waals surface area contributed by atoms with Crippen LogP contribution < -0.4 is 22.1 Å². The number of carbonyl (C=O) groups excluding carboxylic acids is 6. The summed E-state index contributed by atoms with van der Waals surface area (Å²) in [6.07, 6.45) is 9.28. The minimum Gasteiger partial charge on any atom is -0.462 e. The van der Waals surface area contributed by atoms with E-state index in [1.165, 1.54) is 12.2 Å². The second-order valence-corrected chi connectivity index (χ2v) is 7.93. The smallest absolute Gasteiger partial charge is 0.330 e. The number of rotatable bonds is 18. The number of halogens is 2. The van der Waals surface area contributed by atoms with Gasteiger partial charge in [0.2, 0.25) is 22.3 Å². The molecular weight excluding hydrogens is 647 g/mol. The third-order valence-electron chi connectivity index (χ3n) is 3.48. The van der Waals surface area contributed by atoms with Crippen molar-refractivity contribution in [3.05, 3.63) is 75.9 Å². The number of nitrogens with two attached hydrogens (primary N) is 2. The number of ether oxygens (including phenoxy) is 2. The molecule has 0 unspecified atom stereocenters. The van der Waals surface area contributed by atoms with Crippen molar-refractivity contribution >= 4 is 57.4 Å². The van der Waals surface area contributed by atoms with E-state index in [1.54, 1.807) is 0 Å². The second kappa shape index (κ2) is 50.7. The molecule has 264 valence electrons. The third kappa shape index (κ3) is 77.6. The van der Waals surface area contributed by atoms with Crippen LogP contribution in [0.15, 0.2) is 75.9 Å². The van der Waals surface area contributed by atoms with E-state index >= 15 is 0 Å². The van der Waals surface area contributed by atoms with Crippen LogP contribution >= 0.6 is 23.2 Å². The molecule has 0 aliphatic rings. The molecule has 0 spiro atoms. The Hall–Kier alpha value is -3.92. The summed E-state index contributed by atoms with van der Waals surface area (Å²) in [5, 5.41) is 20.0. The van der Waals surface area contributed by atoms with E-state index in [1.807, 2.05) is 0 Å². The zero-order chi connectivity index (χ0) is 37.0. The van der Waals surface area contributed by atoms with Crippen molar-refractivity contribution in [3.63, 3.8) is 0 Å². The van der Waals surface area contributed by atoms with Crippen molar-refractivity contribution in [3.8, 4) is 0 Å². The van der Waals surface area contributed by atoms with Gasteiger partial charge in [-0.25, -0.2) is 9.59 Å². The van der Waals surface area contributed by atoms with Gasteiger partial charge in [0.25, 0.3) is 0 Å². The lowest BCUT2D eigenvalue weighted by Gasteiger charge is -2.02. The summed E-state index contributed by atoms with van der Waals surface area (Å²) in [5.41, 5.74) is 10.1. The van der Waals surface area contributed by atoms with Crippen LogP contribution in [0, 0.1) is 0 Å². The highest BCUT2D eigenvalue weighted by Crippen LogP contribution is 1.88. The number of allylic oxidation sites excluding steroid dienone is 2. The van der Waals surface area contributed by atoms with Crippen LogP contribution in [0.25, 0.3) is 0 Å². The molecule has 0 radical (unpaired) electrons. The Balaban J connectivity index is -0.000000112. The number of hydrogen-bond donors (Lipinski definition) is 6. The average Bonchev–Trinajstić information content (AvgIpc) is 3.05.